The van der Waals surface area contributed by atoms with Crippen molar-refractivity contribution in [1.29, 1.82) is 0 Å². The van der Waals surface area contributed by atoms with Gasteiger partial charge >= 0.3 is 5.97 Å². The Morgan fingerprint density at radius 3 is 2.44 bits per heavy atom. The van der Waals surface area contributed by atoms with Crippen LogP contribution >= 0.6 is 0 Å². The number of aromatic nitrogens is 2. The molecule has 1 amide bonds. The fourth-order valence-electron chi connectivity index (χ4n) is 2.35. The van der Waals surface area contributed by atoms with Gasteiger partial charge < -0.3 is 15.4 Å². The van der Waals surface area contributed by atoms with Crippen LogP contribution in [0.25, 0.3) is 0 Å². The van der Waals surface area contributed by atoms with Gasteiger partial charge in [0.05, 0.1) is 12.7 Å². The third kappa shape index (κ3) is 4.88. The van der Waals surface area contributed by atoms with Crippen LogP contribution in [0.2, 0.25) is 0 Å². The molecule has 0 saturated heterocycles. The van der Waals surface area contributed by atoms with Gasteiger partial charge in [-0.3, -0.25) is 4.79 Å². The summed E-state index contributed by atoms with van der Waals surface area (Å²) in [7, 11) is 1.32. The first-order valence-electron chi connectivity index (χ1n) is 8.26. The SMILES string of the molecule is COC(=O)c1ccc(NC(=O)c2ccnc(NCc3ccccc3)n2)cc1. The molecule has 3 rings (SSSR count). The first-order valence-corrected chi connectivity index (χ1v) is 8.26. The normalized spacial score (nSPS) is 10.1. The number of benzene rings is 2. The lowest BCUT2D eigenvalue weighted by molar-refractivity contribution is 0.0600. The second-order valence-corrected chi connectivity index (χ2v) is 5.63. The average molecular weight is 362 g/mol. The maximum atomic E-state index is 12.4. The van der Waals surface area contributed by atoms with Gasteiger partial charge in [-0.05, 0) is 35.9 Å². The third-order valence-electron chi connectivity index (χ3n) is 3.75. The van der Waals surface area contributed by atoms with E-state index in [1.807, 2.05) is 30.3 Å². The molecular formula is C20H18N4O3. The lowest BCUT2D eigenvalue weighted by Crippen LogP contribution is -2.15. The molecule has 27 heavy (non-hydrogen) atoms. The molecule has 0 aliphatic carbocycles. The number of rotatable bonds is 6. The van der Waals surface area contributed by atoms with Gasteiger partial charge in [-0.15, -0.1) is 0 Å². The molecule has 0 fully saturated rings. The standard InChI is InChI=1S/C20H18N4O3/c1-27-19(26)15-7-9-16(10-8-15)23-18(25)17-11-12-21-20(24-17)22-13-14-5-3-2-4-6-14/h2-12H,13H2,1H3,(H,23,25)(H,21,22,24). The number of methoxy groups -OCH3 is 1. The number of hydrogen-bond acceptors (Lipinski definition) is 6. The first-order chi connectivity index (χ1) is 13.2. The lowest BCUT2D eigenvalue weighted by atomic mass is 10.2. The monoisotopic (exact) mass is 362 g/mol. The van der Waals surface area contributed by atoms with Crippen molar-refractivity contribution in [3.8, 4) is 0 Å². The number of amides is 1. The topological polar surface area (TPSA) is 93.2 Å². The molecule has 2 N–H and O–H groups in total. The van der Waals surface area contributed by atoms with Crippen molar-refractivity contribution in [3.63, 3.8) is 0 Å². The van der Waals surface area contributed by atoms with E-state index in [0.717, 1.165) is 5.56 Å². The molecule has 7 nitrogen and oxygen atoms in total. The van der Waals surface area contributed by atoms with E-state index in [2.05, 4.69) is 25.3 Å². The summed E-state index contributed by atoms with van der Waals surface area (Å²) in [6.45, 7) is 0.556. The molecule has 1 heterocycles. The smallest absolute Gasteiger partial charge is 0.337 e. The first kappa shape index (κ1) is 18.1. The largest absolute Gasteiger partial charge is 0.465 e. The molecule has 3 aromatic rings. The zero-order chi connectivity index (χ0) is 19.1. The number of carbonyl (C=O) groups excluding carboxylic acids is 2. The number of carbonyl (C=O) groups is 2. The van der Waals surface area contributed by atoms with E-state index >= 15 is 0 Å². The fraction of sp³-hybridized carbons (Fsp3) is 0.100. The Morgan fingerprint density at radius 2 is 1.74 bits per heavy atom. The van der Waals surface area contributed by atoms with Gasteiger partial charge in [-0.1, -0.05) is 30.3 Å². The lowest BCUT2D eigenvalue weighted by Gasteiger charge is -2.08. The number of esters is 1. The molecule has 0 radical (unpaired) electrons. The van der Waals surface area contributed by atoms with Gasteiger partial charge in [0.2, 0.25) is 5.95 Å². The highest BCUT2D eigenvalue weighted by molar-refractivity contribution is 6.03. The van der Waals surface area contributed by atoms with Crippen LogP contribution in [0.3, 0.4) is 0 Å². The molecule has 0 unspecified atom stereocenters. The minimum Gasteiger partial charge on any atom is -0.465 e. The number of nitrogens with one attached hydrogen (secondary N) is 2. The molecule has 1 aromatic heterocycles. The summed E-state index contributed by atoms with van der Waals surface area (Å²) in [5.41, 5.74) is 2.27. The molecule has 2 aromatic carbocycles. The van der Waals surface area contributed by atoms with Gasteiger partial charge in [0.1, 0.15) is 5.69 Å². The van der Waals surface area contributed by atoms with Crippen molar-refractivity contribution in [1.82, 2.24) is 9.97 Å². The van der Waals surface area contributed by atoms with Crippen LogP contribution in [0.1, 0.15) is 26.4 Å². The molecule has 0 aliphatic rings. The highest BCUT2D eigenvalue weighted by atomic mass is 16.5. The van der Waals surface area contributed by atoms with Gasteiger partial charge in [0.15, 0.2) is 0 Å². The predicted molar refractivity (Wildman–Crippen MR) is 102 cm³/mol. The van der Waals surface area contributed by atoms with Crippen LogP contribution in [0.15, 0.2) is 66.9 Å². The molecular weight excluding hydrogens is 344 g/mol. The summed E-state index contributed by atoms with van der Waals surface area (Å²) in [5.74, 6) is -0.434. The Kier molecular flexibility index (Phi) is 5.73. The van der Waals surface area contributed by atoms with Crippen LogP contribution in [-0.2, 0) is 11.3 Å². The maximum Gasteiger partial charge on any atom is 0.337 e. The number of nitrogens with zero attached hydrogens (tertiary/aromatic N) is 2. The van der Waals surface area contributed by atoms with Gasteiger partial charge in [0.25, 0.3) is 5.91 Å². The predicted octanol–water partition coefficient (Wildman–Crippen LogP) is 3.13. The molecule has 136 valence electrons. The zero-order valence-electron chi connectivity index (χ0n) is 14.7. The minimum atomic E-state index is -0.433. The fourth-order valence-corrected chi connectivity index (χ4v) is 2.35. The van der Waals surface area contributed by atoms with Crippen molar-refractivity contribution in [2.75, 3.05) is 17.7 Å². The minimum absolute atomic E-state index is 0.234. The van der Waals surface area contributed by atoms with Crippen molar-refractivity contribution < 1.29 is 14.3 Å². The van der Waals surface area contributed by atoms with Crippen LogP contribution in [0.4, 0.5) is 11.6 Å². The highest BCUT2D eigenvalue weighted by Crippen LogP contribution is 2.12. The van der Waals surface area contributed by atoms with E-state index in [-0.39, 0.29) is 11.6 Å². The van der Waals surface area contributed by atoms with Crippen molar-refractivity contribution in [3.05, 3.63) is 83.7 Å². The summed E-state index contributed by atoms with van der Waals surface area (Å²) >= 11 is 0. The molecule has 7 heteroatoms. The van der Waals surface area contributed by atoms with Crippen LogP contribution < -0.4 is 10.6 Å². The van der Waals surface area contributed by atoms with E-state index in [4.69, 9.17) is 0 Å². The average Bonchev–Trinajstić information content (AvgIpc) is 2.73. The zero-order valence-corrected chi connectivity index (χ0v) is 14.7. The van der Waals surface area contributed by atoms with E-state index in [0.29, 0.717) is 23.7 Å². The quantitative estimate of drug-likeness (QED) is 0.655. The Bertz CT molecular complexity index is 927. The van der Waals surface area contributed by atoms with Gasteiger partial charge in [0, 0.05) is 18.4 Å². The summed E-state index contributed by atoms with van der Waals surface area (Å²) in [5, 5.41) is 5.83. The number of ether oxygens (including phenoxy) is 1. The van der Waals surface area contributed by atoms with Crippen LogP contribution in [0.5, 0.6) is 0 Å². The van der Waals surface area contributed by atoms with E-state index in [9.17, 15) is 9.59 Å². The molecule has 0 bridgehead atoms. The molecule has 0 aliphatic heterocycles. The Labute approximate surface area is 156 Å². The Morgan fingerprint density at radius 1 is 1.00 bits per heavy atom. The summed E-state index contributed by atoms with van der Waals surface area (Å²) in [6.07, 6.45) is 1.52. The van der Waals surface area contributed by atoms with E-state index in [1.54, 1.807) is 24.3 Å². The molecule has 0 saturated carbocycles. The Hall–Kier alpha value is -3.74. The summed E-state index contributed by atoms with van der Waals surface area (Å²) in [6, 6.07) is 17.8. The highest BCUT2D eigenvalue weighted by Gasteiger charge is 2.10. The number of hydrogen-bond donors (Lipinski definition) is 2. The Balaban J connectivity index is 1.63. The number of anilines is 2. The second-order valence-electron chi connectivity index (χ2n) is 5.63. The van der Waals surface area contributed by atoms with Crippen LogP contribution in [-0.4, -0.2) is 29.0 Å². The van der Waals surface area contributed by atoms with Gasteiger partial charge in [-0.2, -0.15) is 0 Å². The van der Waals surface area contributed by atoms with Crippen molar-refractivity contribution in [2.45, 2.75) is 6.54 Å². The third-order valence-corrected chi connectivity index (χ3v) is 3.75. The van der Waals surface area contributed by atoms with E-state index < -0.39 is 5.97 Å². The van der Waals surface area contributed by atoms with Gasteiger partial charge in [-0.25, -0.2) is 14.8 Å². The van der Waals surface area contributed by atoms with Crippen molar-refractivity contribution in [2.24, 2.45) is 0 Å². The molecule has 0 atom stereocenters. The molecule has 0 spiro atoms. The van der Waals surface area contributed by atoms with Crippen molar-refractivity contribution >= 4 is 23.5 Å². The summed E-state index contributed by atoms with van der Waals surface area (Å²) in [4.78, 5) is 32.2. The summed E-state index contributed by atoms with van der Waals surface area (Å²) < 4.78 is 4.64. The van der Waals surface area contributed by atoms with Crippen LogP contribution in [0, 0.1) is 0 Å². The van der Waals surface area contributed by atoms with E-state index in [1.165, 1.54) is 19.4 Å². The second kappa shape index (κ2) is 8.57. The maximum absolute atomic E-state index is 12.4.